The van der Waals surface area contributed by atoms with Crippen LogP contribution in [0.1, 0.15) is 26.3 Å². The summed E-state index contributed by atoms with van der Waals surface area (Å²) in [4.78, 5) is 37.7. The summed E-state index contributed by atoms with van der Waals surface area (Å²) < 4.78 is 0. The fourth-order valence-corrected chi connectivity index (χ4v) is 3.52. The molecule has 1 aliphatic heterocycles. The van der Waals surface area contributed by atoms with Crippen molar-refractivity contribution in [2.75, 3.05) is 23.4 Å². The Morgan fingerprint density at radius 3 is 2.38 bits per heavy atom. The summed E-state index contributed by atoms with van der Waals surface area (Å²) in [7, 11) is 0. The second-order valence-corrected chi connectivity index (χ2v) is 7.38. The molecule has 0 fully saturated rings. The third kappa shape index (κ3) is 3.92. The molecule has 0 atom stereocenters. The molecule has 1 heterocycles. The first kappa shape index (κ1) is 18.5. The molecule has 1 aliphatic rings. The Hall–Kier alpha value is -2.31. The molecule has 0 saturated heterocycles. The predicted octanol–water partition coefficient (Wildman–Crippen LogP) is 3.62. The highest BCUT2D eigenvalue weighted by molar-refractivity contribution is 7.99. The van der Waals surface area contributed by atoms with Crippen LogP contribution in [0.25, 0.3) is 0 Å². The highest BCUT2D eigenvalue weighted by Gasteiger charge is 2.34. The number of carbonyl (C=O) groups is 3. The van der Waals surface area contributed by atoms with E-state index in [1.165, 1.54) is 16.7 Å². The minimum atomic E-state index is -0.273. The van der Waals surface area contributed by atoms with Crippen molar-refractivity contribution in [1.29, 1.82) is 0 Å². The Balaban J connectivity index is 1.46. The maximum absolute atomic E-state index is 12.2. The van der Waals surface area contributed by atoms with E-state index in [1.54, 1.807) is 36.4 Å². The van der Waals surface area contributed by atoms with Crippen molar-refractivity contribution in [1.82, 2.24) is 4.90 Å². The maximum Gasteiger partial charge on any atom is 0.261 e. The Bertz CT molecular complexity index is 850. The molecule has 134 valence electrons. The molecule has 0 bridgehead atoms. The van der Waals surface area contributed by atoms with Gasteiger partial charge in [0, 0.05) is 23.0 Å². The van der Waals surface area contributed by atoms with Crippen LogP contribution in [-0.4, -0.2) is 40.7 Å². The van der Waals surface area contributed by atoms with Gasteiger partial charge in [0.05, 0.1) is 16.9 Å². The van der Waals surface area contributed by atoms with Crippen molar-refractivity contribution < 1.29 is 14.4 Å². The minimum absolute atomic E-state index is 0.155. The van der Waals surface area contributed by atoms with Crippen LogP contribution in [-0.2, 0) is 4.79 Å². The summed E-state index contributed by atoms with van der Waals surface area (Å²) in [5.41, 5.74) is 2.47. The van der Waals surface area contributed by atoms with Crippen molar-refractivity contribution in [3.63, 3.8) is 0 Å². The summed E-state index contributed by atoms with van der Waals surface area (Å²) in [6.07, 6.45) is 0. The molecule has 5 nitrogen and oxygen atoms in total. The van der Waals surface area contributed by atoms with Gasteiger partial charge in [0.15, 0.2) is 0 Å². The first-order chi connectivity index (χ1) is 12.5. The quantitative estimate of drug-likeness (QED) is 0.606. The van der Waals surface area contributed by atoms with Crippen LogP contribution in [0.3, 0.4) is 0 Å². The van der Waals surface area contributed by atoms with Gasteiger partial charge < -0.3 is 5.32 Å². The number of thioether (sulfide) groups is 1. The van der Waals surface area contributed by atoms with Gasteiger partial charge in [-0.05, 0) is 36.8 Å². The van der Waals surface area contributed by atoms with E-state index in [-0.39, 0.29) is 30.0 Å². The molecule has 0 aliphatic carbocycles. The van der Waals surface area contributed by atoms with Crippen LogP contribution in [0.5, 0.6) is 0 Å². The van der Waals surface area contributed by atoms with Crippen LogP contribution in [0.4, 0.5) is 5.69 Å². The molecule has 2 aromatic rings. The lowest BCUT2D eigenvalue weighted by atomic mass is 10.1. The Morgan fingerprint density at radius 2 is 1.77 bits per heavy atom. The van der Waals surface area contributed by atoms with Gasteiger partial charge in [-0.2, -0.15) is 11.8 Å². The zero-order valence-electron chi connectivity index (χ0n) is 14.1. The second kappa shape index (κ2) is 7.93. The molecule has 1 N–H and O–H groups in total. The Morgan fingerprint density at radius 1 is 1.12 bits per heavy atom. The summed E-state index contributed by atoms with van der Waals surface area (Å²) >= 11 is 7.40. The van der Waals surface area contributed by atoms with Crippen molar-refractivity contribution in [2.24, 2.45) is 0 Å². The largest absolute Gasteiger partial charge is 0.325 e. The van der Waals surface area contributed by atoms with Gasteiger partial charge in [0.25, 0.3) is 11.8 Å². The Kier molecular flexibility index (Phi) is 5.64. The number of rotatable bonds is 6. The number of imide groups is 1. The number of nitrogens with zero attached hydrogens (tertiary/aromatic N) is 1. The van der Waals surface area contributed by atoms with Gasteiger partial charge in [0.1, 0.15) is 0 Å². The monoisotopic (exact) mass is 388 g/mol. The van der Waals surface area contributed by atoms with Crippen LogP contribution < -0.4 is 5.32 Å². The standard InChI is InChI=1S/C19H17ClN2O3S/c1-12-6-7-13(10-16(12)20)21-17(23)11-26-9-8-22-18(24)14-4-2-3-5-15(14)19(22)25/h2-7,10H,8-9,11H2,1H3,(H,21,23). The van der Waals surface area contributed by atoms with Gasteiger partial charge in [-0.25, -0.2) is 0 Å². The zero-order chi connectivity index (χ0) is 18.7. The minimum Gasteiger partial charge on any atom is -0.325 e. The van der Waals surface area contributed by atoms with Gasteiger partial charge in [-0.3, -0.25) is 19.3 Å². The van der Waals surface area contributed by atoms with Crippen molar-refractivity contribution in [2.45, 2.75) is 6.92 Å². The zero-order valence-corrected chi connectivity index (χ0v) is 15.7. The average Bonchev–Trinajstić information content (AvgIpc) is 2.87. The highest BCUT2D eigenvalue weighted by Crippen LogP contribution is 2.23. The van der Waals surface area contributed by atoms with E-state index in [0.29, 0.717) is 27.6 Å². The molecule has 2 aromatic carbocycles. The number of benzene rings is 2. The van der Waals surface area contributed by atoms with E-state index in [2.05, 4.69) is 5.32 Å². The number of halogens is 1. The summed E-state index contributed by atoms with van der Waals surface area (Å²) in [6.45, 7) is 2.17. The first-order valence-electron chi connectivity index (χ1n) is 8.06. The van der Waals surface area contributed by atoms with Gasteiger partial charge in [-0.1, -0.05) is 29.8 Å². The molecule has 0 unspecified atom stereocenters. The predicted molar refractivity (Wildman–Crippen MR) is 104 cm³/mol. The summed E-state index contributed by atoms with van der Waals surface area (Å²) in [6, 6.07) is 12.1. The lowest BCUT2D eigenvalue weighted by molar-refractivity contribution is -0.113. The average molecular weight is 389 g/mol. The third-order valence-corrected chi connectivity index (χ3v) is 5.37. The molecule has 26 heavy (non-hydrogen) atoms. The first-order valence-corrected chi connectivity index (χ1v) is 9.59. The van der Waals surface area contributed by atoms with Gasteiger partial charge >= 0.3 is 0 Å². The summed E-state index contributed by atoms with van der Waals surface area (Å²) in [5.74, 6) is 0.0227. The molecule has 7 heteroatoms. The van der Waals surface area contributed by atoms with E-state index in [1.807, 2.05) is 13.0 Å². The van der Waals surface area contributed by atoms with Gasteiger partial charge in [0.2, 0.25) is 5.91 Å². The van der Waals surface area contributed by atoms with E-state index < -0.39 is 0 Å². The van der Waals surface area contributed by atoms with Crippen molar-refractivity contribution in [3.05, 3.63) is 64.2 Å². The molecular formula is C19H17ClN2O3S. The number of aryl methyl sites for hydroxylation is 1. The van der Waals surface area contributed by atoms with E-state index in [4.69, 9.17) is 11.6 Å². The van der Waals surface area contributed by atoms with Crippen molar-refractivity contribution >= 4 is 46.8 Å². The normalized spacial score (nSPS) is 13.1. The van der Waals surface area contributed by atoms with Crippen LogP contribution in [0.15, 0.2) is 42.5 Å². The molecule has 0 spiro atoms. The Labute approximate surface area is 160 Å². The number of hydrogen-bond acceptors (Lipinski definition) is 4. The molecule has 0 aromatic heterocycles. The number of carbonyl (C=O) groups excluding carboxylic acids is 3. The van der Waals surface area contributed by atoms with Crippen LogP contribution in [0, 0.1) is 6.92 Å². The van der Waals surface area contributed by atoms with E-state index in [0.717, 1.165) is 5.56 Å². The lowest BCUT2D eigenvalue weighted by Gasteiger charge is -2.13. The fraction of sp³-hybridized carbons (Fsp3) is 0.211. The highest BCUT2D eigenvalue weighted by atomic mass is 35.5. The summed E-state index contributed by atoms with van der Waals surface area (Å²) in [5, 5.41) is 3.38. The van der Waals surface area contributed by atoms with Crippen molar-refractivity contribution in [3.8, 4) is 0 Å². The fourth-order valence-electron chi connectivity index (χ4n) is 2.63. The van der Waals surface area contributed by atoms with E-state index >= 15 is 0 Å². The third-order valence-electron chi connectivity index (χ3n) is 4.03. The van der Waals surface area contributed by atoms with E-state index in [9.17, 15) is 14.4 Å². The van der Waals surface area contributed by atoms with Gasteiger partial charge in [-0.15, -0.1) is 0 Å². The van der Waals surface area contributed by atoms with Crippen LogP contribution >= 0.6 is 23.4 Å². The lowest BCUT2D eigenvalue weighted by Crippen LogP contribution is -2.32. The number of fused-ring (bicyclic) bond motifs is 1. The number of anilines is 1. The number of hydrogen-bond donors (Lipinski definition) is 1. The number of nitrogens with one attached hydrogen (secondary N) is 1. The molecule has 3 rings (SSSR count). The smallest absolute Gasteiger partial charge is 0.261 e. The molecule has 0 saturated carbocycles. The molecule has 3 amide bonds. The molecular weight excluding hydrogens is 372 g/mol. The number of amides is 3. The SMILES string of the molecule is Cc1ccc(NC(=O)CSCCN2C(=O)c3ccccc3C2=O)cc1Cl. The topological polar surface area (TPSA) is 66.5 Å². The van der Waals surface area contributed by atoms with Crippen LogP contribution in [0.2, 0.25) is 5.02 Å². The second-order valence-electron chi connectivity index (χ2n) is 5.87. The molecule has 0 radical (unpaired) electrons. The maximum atomic E-state index is 12.2.